The number of nitrogens with zero attached hydrogens (tertiary/aromatic N) is 3. The van der Waals surface area contributed by atoms with Crippen LogP contribution in [0.2, 0.25) is 0 Å². The Morgan fingerprint density at radius 2 is 1.81 bits per heavy atom. The first-order chi connectivity index (χ1) is 15.2. The lowest BCUT2D eigenvalue weighted by Crippen LogP contribution is -2.49. The van der Waals surface area contributed by atoms with Gasteiger partial charge in [-0.05, 0) is 37.1 Å². The van der Waals surface area contributed by atoms with Crippen molar-refractivity contribution in [2.75, 3.05) is 16.8 Å². The zero-order valence-electron chi connectivity index (χ0n) is 17.0. The topological polar surface area (TPSA) is 109 Å². The Morgan fingerprint density at radius 3 is 2.41 bits per heavy atom. The molecule has 172 valence electrons. The highest BCUT2D eigenvalue weighted by Gasteiger charge is 2.48. The van der Waals surface area contributed by atoms with Crippen LogP contribution in [0.15, 0.2) is 29.1 Å². The van der Waals surface area contributed by atoms with E-state index < -0.39 is 24.1 Å². The van der Waals surface area contributed by atoms with Crippen molar-refractivity contribution in [3.8, 4) is 0 Å². The molecule has 1 amide bonds. The molecule has 0 spiro atoms. The van der Waals surface area contributed by atoms with Crippen LogP contribution in [0, 0.1) is 0 Å². The number of cyclic esters (lactones) is 1. The van der Waals surface area contributed by atoms with E-state index >= 15 is 0 Å². The van der Waals surface area contributed by atoms with Gasteiger partial charge in [-0.1, -0.05) is 19.3 Å². The van der Waals surface area contributed by atoms with Crippen molar-refractivity contribution in [2.24, 2.45) is 0 Å². The first kappa shape index (κ1) is 21.9. The monoisotopic (exact) mass is 453 g/mol. The number of esters is 1. The first-order valence-electron chi connectivity index (χ1n) is 10.4. The summed E-state index contributed by atoms with van der Waals surface area (Å²) in [6.07, 6.45) is -0.200. The predicted octanol–water partition coefficient (Wildman–Crippen LogP) is 3.03. The minimum absolute atomic E-state index is 0.0273. The van der Waals surface area contributed by atoms with Crippen molar-refractivity contribution in [1.82, 2.24) is 14.8 Å². The molecule has 2 aliphatic rings. The third-order valence-corrected chi connectivity index (χ3v) is 5.65. The molecule has 0 radical (unpaired) electrons. The summed E-state index contributed by atoms with van der Waals surface area (Å²) in [6.45, 7) is -0.0538. The number of amides is 1. The fourth-order valence-corrected chi connectivity index (χ4v) is 4.10. The van der Waals surface area contributed by atoms with Crippen molar-refractivity contribution < 1.29 is 27.5 Å². The summed E-state index contributed by atoms with van der Waals surface area (Å²) < 4.78 is 45.5. The maximum absolute atomic E-state index is 13.1. The molecule has 2 aromatic rings. The van der Waals surface area contributed by atoms with Crippen LogP contribution in [0.25, 0.3) is 0 Å². The standard InChI is InChI=1S/C20H22F3N5O4/c21-20(22,23)17(30)27(15-10-11-32-16(15)29)13-8-6-12(7-9-13)24-18-25-19(31)28(26-18)14-4-2-1-3-5-14/h6-9,14-15H,1-5,10-11H2,(H2,24,25,26,31)/t15-/m0/s1. The van der Waals surface area contributed by atoms with Gasteiger partial charge in [0.25, 0.3) is 0 Å². The van der Waals surface area contributed by atoms with Gasteiger partial charge in [0.05, 0.1) is 12.6 Å². The molecule has 0 unspecified atom stereocenters. The van der Waals surface area contributed by atoms with Gasteiger partial charge in [0.1, 0.15) is 6.04 Å². The number of alkyl halides is 3. The van der Waals surface area contributed by atoms with Gasteiger partial charge in [-0.15, -0.1) is 5.10 Å². The number of halogens is 3. The minimum Gasteiger partial charge on any atom is -0.464 e. The lowest BCUT2D eigenvalue weighted by atomic mass is 9.96. The van der Waals surface area contributed by atoms with E-state index in [1.165, 1.54) is 28.9 Å². The van der Waals surface area contributed by atoms with Crippen LogP contribution in [0.3, 0.4) is 0 Å². The summed E-state index contributed by atoms with van der Waals surface area (Å²) in [7, 11) is 0. The van der Waals surface area contributed by atoms with Gasteiger partial charge in [-0.25, -0.2) is 14.3 Å². The molecule has 32 heavy (non-hydrogen) atoms. The summed E-state index contributed by atoms with van der Waals surface area (Å²) in [4.78, 5) is 39.1. The maximum atomic E-state index is 13.1. The summed E-state index contributed by atoms with van der Waals surface area (Å²) in [5, 5.41) is 7.19. The number of benzene rings is 1. The molecule has 2 N–H and O–H groups in total. The molecule has 2 fully saturated rings. The molecule has 9 nitrogen and oxygen atoms in total. The fraction of sp³-hybridized carbons (Fsp3) is 0.500. The van der Waals surface area contributed by atoms with Gasteiger partial charge in [-0.2, -0.15) is 13.2 Å². The number of nitrogens with one attached hydrogen (secondary N) is 2. The van der Waals surface area contributed by atoms with E-state index in [1.54, 1.807) is 0 Å². The van der Waals surface area contributed by atoms with Crippen LogP contribution in [-0.2, 0) is 14.3 Å². The maximum Gasteiger partial charge on any atom is 0.471 e. The third-order valence-electron chi connectivity index (χ3n) is 5.65. The van der Waals surface area contributed by atoms with E-state index in [2.05, 4.69) is 15.4 Å². The highest BCUT2D eigenvalue weighted by Crippen LogP contribution is 2.30. The van der Waals surface area contributed by atoms with E-state index in [9.17, 15) is 27.6 Å². The Hall–Kier alpha value is -3.31. The normalized spacial score (nSPS) is 19.6. The average Bonchev–Trinajstić information content (AvgIpc) is 3.34. The summed E-state index contributed by atoms with van der Waals surface area (Å²) in [5.74, 6) is -2.82. The average molecular weight is 453 g/mol. The van der Waals surface area contributed by atoms with Gasteiger partial charge in [-0.3, -0.25) is 14.7 Å². The van der Waals surface area contributed by atoms with E-state index in [0.29, 0.717) is 10.6 Å². The third kappa shape index (κ3) is 4.48. The minimum atomic E-state index is -5.15. The molecule has 1 saturated heterocycles. The summed E-state index contributed by atoms with van der Waals surface area (Å²) in [6, 6.07) is 4.14. The van der Waals surface area contributed by atoms with Crippen molar-refractivity contribution in [2.45, 2.75) is 56.8 Å². The highest BCUT2D eigenvalue weighted by atomic mass is 19.4. The molecule has 1 aliphatic heterocycles. The van der Waals surface area contributed by atoms with E-state index in [0.717, 1.165) is 32.1 Å². The highest BCUT2D eigenvalue weighted by molar-refractivity contribution is 6.02. The molecule has 1 saturated carbocycles. The number of rotatable bonds is 5. The number of ether oxygens (including phenoxy) is 1. The summed E-state index contributed by atoms with van der Waals surface area (Å²) >= 11 is 0. The number of carbonyl (C=O) groups is 2. The molecule has 4 rings (SSSR count). The lowest BCUT2D eigenvalue weighted by Gasteiger charge is -2.27. The second-order valence-electron chi connectivity index (χ2n) is 7.83. The zero-order chi connectivity index (χ0) is 22.9. The van der Waals surface area contributed by atoms with Gasteiger partial charge in [0.2, 0.25) is 5.95 Å². The van der Waals surface area contributed by atoms with Crippen molar-refractivity contribution >= 4 is 29.2 Å². The molecule has 1 aromatic heterocycles. The van der Waals surface area contributed by atoms with E-state index in [1.807, 2.05) is 0 Å². The number of anilines is 3. The Morgan fingerprint density at radius 1 is 1.12 bits per heavy atom. The molecule has 12 heteroatoms. The van der Waals surface area contributed by atoms with Crippen molar-refractivity contribution in [3.63, 3.8) is 0 Å². The molecule has 0 bridgehead atoms. The second-order valence-corrected chi connectivity index (χ2v) is 7.83. The molecule has 1 aromatic carbocycles. The number of aromatic nitrogens is 3. The van der Waals surface area contributed by atoms with Crippen LogP contribution in [0.1, 0.15) is 44.6 Å². The van der Waals surface area contributed by atoms with Crippen molar-refractivity contribution in [3.05, 3.63) is 34.7 Å². The number of carbonyl (C=O) groups excluding carboxylic acids is 2. The van der Waals surface area contributed by atoms with Crippen LogP contribution < -0.4 is 15.9 Å². The summed E-state index contributed by atoms with van der Waals surface area (Å²) in [5.41, 5.74) is 0.00682. The number of H-pyrrole nitrogens is 1. The van der Waals surface area contributed by atoms with Crippen LogP contribution in [0.5, 0.6) is 0 Å². The Balaban J connectivity index is 1.53. The number of hydrogen-bond acceptors (Lipinski definition) is 6. The smallest absolute Gasteiger partial charge is 0.464 e. The van der Waals surface area contributed by atoms with Crippen LogP contribution in [-0.4, -0.2) is 45.5 Å². The molecular formula is C20H22F3N5O4. The van der Waals surface area contributed by atoms with Gasteiger partial charge < -0.3 is 10.1 Å². The van der Waals surface area contributed by atoms with E-state index in [-0.39, 0.29) is 36.4 Å². The lowest BCUT2D eigenvalue weighted by molar-refractivity contribution is -0.171. The van der Waals surface area contributed by atoms with Crippen LogP contribution >= 0.6 is 0 Å². The Labute approximate surface area is 180 Å². The molecule has 1 atom stereocenters. The Kier molecular flexibility index (Phi) is 5.94. The number of hydrogen-bond donors (Lipinski definition) is 2. The van der Waals surface area contributed by atoms with Gasteiger partial charge >= 0.3 is 23.7 Å². The molecule has 1 aliphatic carbocycles. The quantitative estimate of drug-likeness (QED) is 0.674. The van der Waals surface area contributed by atoms with Crippen LogP contribution in [0.4, 0.5) is 30.5 Å². The second kappa shape index (κ2) is 8.67. The Bertz CT molecular complexity index is 1040. The zero-order valence-corrected chi connectivity index (χ0v) is 17.0. The van der Waals surface area contributed by atoms with E-state index in [4.69, 9.17) is 4.74 Å². The largest absolute Gasteiger partial charge is 0.471 e. The first-order valence-corrected chi connectivity index (χ1v) is 10.4. The molecule has 2 heterocycles. The fourth-order valence-electron chi connectivity index (χ4n) is 4.10. The number of aromatic amines is 1. The van der Waals surface area contributed by atoms with Crippen molar-refractivity contribution in [1.29, 1.82) is 0 Å². The van der Waals surface area contributed by atoms with Gasteiger partial charge in [0.15, 0.2) is 0 Å². The molecular weight excluding hydrogens is 431 g/mol. The van der Waals surface area contributed by atoms with Gasteiger partial charge in [0, 0.05) is 17.8 Å². The SMILES string of the molecule is O=C1OCC[C@@H]1N(C(=O)C(F)(F)F)c1ccc(Nc2nn(C3CCCCC3)c(=O)[nH]2)cc1. The predicted molar refractivity (Wildman–Crippen MR) is 108 cm³/mol.